The van der Waals surface area contributed by atoms with E-state index in [-0.39, 0.29) is 24.0 Å². The Kier molecular flexibility index (Phi) is 5.27. The highest BCUT2D eigenvalue weighted by Crippen LogP contribution is 2.33. The van der Waals surface area contributed by atoms with Crippen molar-refractivity contribution in [2.45, 2.75) is 45.2 Å². The SMILES string of the molecule is COc1ccc([C@H]2CCCN2CN2C(=O)N[C@@H](CC(C)C)C2=O)cc1. The molecule has 0 unspecified atom stereocenters. The summed E-state index contributed by atoms with van der Waals surface area (Å²) < 4.78 is 5.22. The molecular formula is C19H27N3O3. The molecule has 3 rings (SSSR count). The van der Waals surface area contributed by atoms with Crippen molar-refractivity contribution < 1.29 is 14.3 Å². The van der Waals surface area contributed by atoms with Crippen molar-refractivity contribution >= 4 is 11.9 Å². The maximum atomic E-state index is 12.6. The lowest BCUT2D eigenvalue weighted by atomic mass is 10.0. The minimum Gasteiger partial charge on any atom is -0.497 e. The van der Waals surface area contributed by atoms with Crippen LogP contribution in [0.1, 0.15) is 44.7 Å². The number of nitrogens with zero attached hydrogens (tertiary/aromatic N) is 2. The van der Waals surface area contributed by atoms with Gasteiger partial charge in [-0.15, -0.1) is 0 Å². The summed E-state index contributed by atoms with van der Waals surface area (Å²) in [5, 5.41) is 2.82. The highest BCUT2D eigenvalue weighted by atomic mass is 16.5. The lowest BCUT2D eigenvalue weighted by Crippen LogP contribution is -2.41. The molecule has 0 bridgehead atoms. The van der Waals surface area contributed by atoms with Crippen LogP contribution in [0.5, 0.6) is 5.75 Å². The largest absolute Gasteiger partial charge is 0.497 e. The van der Waals surface area contributed by atoms with E-state index in [1.807, 2.05) is 12.1 Å². The fourth-order valence-corrected chi connectivity index (χ4v) is 3.72. The van der Waals surface area contributed by atoms with E-state index in [4.69, 9.17) is 4.74 Å². The molecule has 2 heterocycles. The van der Waals surface area contributed by atoms with Crippen molar-refractivity contribution in [2.24, 2.45) is 5.92 Å². The van der Waals surface area contributed by atoms with Crippen molar-refractivity contribution in [1.29, 1.82) is 0 Å². The number of ether oxygens (including phenoxy) is 1. The van der Waals surface area contributed by atoms with Gasteiger partial charge in [0, 0.05) is 12.6 Å². The molecule has 2 aliphatic heterocycles. The van der Waals surface area contributed by atoms with Crippen LogP contribution in [-0.4, -0.2) is 48.1 Å². The normalized spacial score (nSPS) is 24.2. The third kappa shape index (κ3) is 3.79. The number of likely N-dealkylation sites (tertiary alicyclic amines) is 1. The van der Waals surface area contributed by atoms with Crippen LogP contribution in [-0.2, 0) is 4.79 Å². The molecule has 136 valence electrons. The number of benzene rings is 1. The molecule has 0 aromatic heterocycles. The van der Waals surface area contributed by atoms with Crippen LogP contribution in [0.2, 0.25) is 0 Å². The van der Waals surface area contributed by atoms with E-state index in [9.17, 15) is 9.59 Å². The fraction of sp³-hybridized carbons (Fsp3) is 0.579. The molecule has 25 heavy (non-hydrogen) atoms. The van der Waals surface area contributed by atoms with Crippen molar-refractivity contribution in [1.82, 2.24) is 15.1 Å². The zero-order valence-electron chi connectivity index (χ0n) is 15.2. The van der Waals surface area contributed by atoms with Crippen LogP contribution in [0.25, 0.3) is 0 Å². The van der Waals surface area contributed by atoms with Crippen LogP contribution in [0.4, 0.5) is 4.79 Å². The Hall–Kier alpha value is -2.08. The zero-order chi connectivity index (χ0) is 18.0. The predicted molar refractivity (Wildman–Crippen MR) is 95.2 cm³/mol. The first-order chi connectivity index (χ1) is 12.0. The number of nitrogens with one attached hydrogen (secondary N) is 1. The summed E-state index contributed by atoms with van der Waals surface area (Å²) in [5.41, 5.74) is 1.20. The Morgan fingerprint density at radius 1 is 1.24 bits per heavy atom. The van der Waals surface area contributed by atoms with E-state index in [1.165, 1.54) is 10.5 Å². The molecule has 0 radical (unpaired) electrons. The van der Waals surface area contributed by atoms with E-state index in [1.54, 1.807) is 7.11 Å². The van der Waals surface area contributed by atoms with E-state index in [0.717, 1.165) is 25.1 Å². The van der Waals surface area contributed by atoms with E-state index in [2.05, 4.69) is 36.2 Å². The van der Waals surface area contributed by atoms with E-state index in [0.29, 0.717) is 19.0 Å². The van der Waals surface area contributed by atoms with Crippen LogP contribution in [0.15, 0.2) is 24.3 Å². The van der Waals surface area contributed by atoms with Crippen LogP contribution in [0, 0.1) is 5.92 Å². The molecule has 2 fully saturated rings. The van der Waals surface area contributed by atoms with Crippen molar-refractivity contribution in [2.75, 3.05) is 20.3 Å². The topological polar surface area (TPSA) is 61.9 Å². The number of imide groups is 1. The zero-order valence-corrected chi connectivity index (χ0v) is 15.2. The molecular weight excluding hydrogens is 318 g/mol. The Bertz CT molecular complexity index is 629. The van der Waals surface area contributed by atoms with Gasteiger partial charge in [0.25, 0.3) is 5.91 Å². The second-order valence-electron chi connectivity index (χ2n) is 7.28. The quantitative estimate of drug-likeness (QED) is 0.806. The number of methoxy groups -OCH3 is 1. The third-order valence-electron chi connectivity index (χ3n) is 5.00. The molecule has 2 atom stereocenters. The molecule has 3 amide bonds. The van der Waals surface area contributed by atoms with Gasteiger partial charge in [0.05, 0.1) is 13.8 Å². The maximum Gasteiger partial charge on any atom is 0.325 e. The lowest BCUT2D eigenvalue weighted by Gasteiger charge is -2.28. The second kappa shape index (κ2) is 7.44. The van der Waals surface area contributed by atoms with Crippen LogP contribution >= 0.6 is 0 Å². The molecule has 0 aliphatic carbocycles. The van der Waals surface area contributed by atoms with Crippen molar-refractivity contribution in [3.63, 3.8) is 0 Å². The smallest absolute Gasteiger partial charge is 0.325 e. The Balaban J connectivity index is 1.68. The number of urea groups is 1. The van der Waals surface area contributed by atoms with Gasteiger partial charge in [0.15, 0.2) is 0 Å². The first-order valence-corrected chi connectivity index (χ1v) is 8.99. The summed E-state index contributed by atoms with van der Waals surface area (Å²) >= 11 is 0. The van der Waals surface area contributed by atoms with Crippen molar-refractivity contribution in [3.05, 3.63) is 29.8 Å². The number of amides is 3. The number of rotatable bonds is 6. The number of carbonyl (C=O) groups excluding carboxylic acids is 2. The summed E-state index contributed by atoms with van der Waals surface area (Å²) in [5.74, 6) is 1.10. The average Bonchev–Trinajstić information content (AvgIpc) is 3.15. The predicted octanol–water partition coefficient (Wildman–Crippen LogP) is 2.76. The number of carbonyl (C=O) groups is 2. The number of hydrogen-bond acceptors (Lipinski definition) is 4. The van der Waals surface area contributed by atoms with Gasteiger partial charge >= 0.3 is 6.03 Å². The summed E-state index contributed by atoms with van der Waals surface area (Å²) in [4.78, 5) is 28.4. The van der Waals surface area contributed by atoms with Gasteiger partial charge in [-0.3, -0.25) is 9.69 Å². The molecule has 1 N–H and O–H groups in total. The Labute approximate surface area is 149 Å². The first kappa shape index (κ1) is 17.7. The molecule has 2 aliphatic rings. The second-order valence-corrected chi connectivity index (χ2v) is 7.28. The molecule has 1 aromatic carbocycles. The highest BCUT2D eigenvalue weighted by molar-refractivity contribution is 6.04. The first-order valence-electron chi connectivity index (χ1n) is 8.99. The average molecular weight is 345 g/mol. The maximum absolute atomic E-state index is 12.6. The summed E-state index contributed by atoms with van der Waals surface area (Å²) in [6.07, 6.45) is 2.78. The summed E-state index contributed by atoms with van der Waals surface area (Å²) in [6, 6.07) is 7.63. The van der Waals surface area contributed by atoms with Crippen molar-refractivity contribution in [3.8, 4) is 5.75 Å². The minimum absolute atomic E-state index is 0.0981. The molecule has 1 aromatic rings. The van der Waals surface area contributed by atoms with Gasteiger partial charge in [0.2, 0.25) is 0 Å². The monoisotopic (exact) mass is 345 g/mol. The Morgan fingerprint density at radius 2 is 1.96 bits per heavy atom. The van der Waals surface area contributed by atoms with E-state index < -0.39 is 0 Å². The van der Waals surface area contributed by atoms with Gasteiger partial charge in [-0.05, 0) is 42.9 Å². The summed E-state index contributed by atoms with van der Waals surface area (Å²) in [6.45, 7) is 5.36. The van der Waals surface area contributed by atoms with Crippen LogP contribution < -0.4 is 10.1 Å². The molecule has 0 spiro atoms. The summed E-state index contributed by atoms with van der Waals surface area (Å²) in [7, 11) is 1.65. The molecule has 0 saturated carbocycles. The third-order valence-corrected chi connectivity index (χ3v) is 5.00. The highest BCUT2D eigenvalue weighted by Gasteiger charge is 2.40. The van der Waals surface area contributed by atoms with E-state index >= 15 is 0 Å². The minimum atomic E-state index is -0.380. The lowest BCUT2D eigenvalue weighted by molar-refractivity contribution is -0.129. The van der Waals surface area contributed by atoms with Gasteiger partial charge in [-0.1, -0.05) is 26.0 Å². The van der Waals surface area contributed by atoms with Crippen LogP contribution in [0.3, 0.4) is 0 Å². The van der Waals surface area contributed by atoms with Gasteiger partial charge in [-0.2, -0.15) is 0 Å². The molecule has 6 heteroatoms. The number of hydrogen-bond donors (Lipinski definition) is 1. The van der Waals surface area contributed by atoms with Gasteiger partial charge in [-0.25, -0.2) is 9.69 Å². The van der Waals surface area contributed by atoms with Gasteiger partial charge < -0.3 is 10.1 Å². The Morgan fingerprint density at radius 3 is 2.60 bits per heavy atom. The standard InChI is InChI=1S/C19H27N3O3/c1-13(2)11-16-18(23)22(19(24)20-16)12-21-10-4-5-17(21)14-6-8-15(25-3)9-7-14/h6-9,13,16-17H,4-5,10-12H2,1-3H3,(H,20,24)/t16-,17+/m0/s1. The molecule has 6 nitrogen and oxygen atoms in total. The molecule has 2 saturated heterocycles. The fourth-order valence-electron chi connectivity index (χ4n) is 3.72. The van der Waals surface area contributed by atoms with Gasteiger partial charge in [0.1, 0.15) is 11.8 Å².